The van der Waals surface area contributed by atoms with Gasteiger partial charge in [-0.05, 0) is 31.7 Å². The van der Waals surface area contributed by atoms with E-state index in [4.69, 9.17) is 5.11 Å². The van der Waals surface area contributed by atoms with Gasteiger partial charge in [-0.2, -0.15) is 0 Å². The highest BCUT2D eigenvalue weighted by Crippen LogP contribution is 2.23. The first-order chi connectivity index (χ1) is 8.93. The number of carbonyl (C=O) groups is 2. The van der Waals surface area contributed by atoms with Crippen molar-refractivity contribution >= 4 is 11.9 Å². The van der Waals surface area contributed by atoms with Crippen molar-refractivity contribution in [2.45, 2.75) is 45.6 Å². The van der Waals surface area contributed by atoms with E-state index in [0.717, 1.165) is 12.0 Å². The van der Waals surface area contributed by atoms with Crippen LogP contribution in [0.2, 0.25) is 0 Å². The quantitative estimate of drug-likeness (QED) is 0.828. The molecule has 0 aliphatic rings. The van der Waals surface area contributed by atoms with Gasteiger partial charge >= 0.3 is 5.97 Å². The number of benzene rings is 1. The lowest BCUT2D eigenvalue weighted by atomic mass is 9.92. The van der Waals surface area contributed by atoms with Crippen LogP contribution in [-0.2, 0) is 9.59 Å². The Morgan fingerprint density at radius 3 is 2.32 bits per heavy atom. The molecule has 4 nitrogen and oxygen atoms in total. The summed E-state index contributed by atoms with van der Waals surface area (Å²) in [6.45, 7) is 5.51. The van der Waals surface area contributed by atoms with Crippen LogP contribution in [0, 0.1) is 6.92 Å². The average Bonchev–Trinajstić information content (AvgIpc) is 2.37. The summed E-state index contributed by atoms with van der Waals surface area (Å²) < 4.78 is 0. The number of carbonyl (C=O) groups excluding carboxylic acids is 1. The Bertz CT molecular complexity index is 439. The zero-order valence-corrected chi connectivity index (χ0v) is 11.6. The number of carboxylic acid groups (broad SMARTS) is 1. The Hall–Kier alpha value is -1.84. The molecule has 2 N–H and O–H groups in total. The number of aryl methyl sites for hydroxylation is 1. The lowest BCUT2D eigenvalue weighted by Crippen LogP contribution is -2.38. The van der Waals surface area contributed by atoms with Crippen LogP contribution in [0.1, 0.15) is 43.7 Å². The molecule has 0 spiro atoms. The van der Waals surface area contributed by atoms with E-state index >= 15 is 0 Å². The van der Waals surface area contributed by atoms with E-state index in [9.17, 15) is 9.59 Å². The molecule has 19 heavy (non-hydrogen) atoms. The fourth-order valence-corrected chi connectivity index (χ4v) is 1.92. The Labute approximate surface area is 113 Å². The zero-order chi connectivity index (χ0) is 14.4. The van der Waals surface area contributed by atoms with Gasteiger partial charge < -0.3 is 10.4 Å². The highest BCUT2D eigenvalue weighted by atomic mass is 16.4. The number of carboxylic acids is 1. The molecule has 4 heteroatoms. The summed E-state index contributed by atoms with van der Waals surface area (Å²) in [7, 11) is 0. The van der Waals surface area contributed by atoms with Crippen molar-refractivity contribution < 1.29 is 14.7 Å². The van der Waals surface area contributed by atoms with Crippen LogP contribution in [-0.4, -0.2) is 23.0 Å². The van der Waals surface area contributed by atoms with Crippen molar-refractivity contribution in [3.63, 3.8) is 0 Å². The van der Waals surface area contributed by atoms with Gasteiger partial charge in [0, 0.05) is 6.42 Å². The van der Waals surface area contributed by atoms with Gasteiger partial charge in [-0.25, -0.2) is 0 Å². The second kappa shape index (κ2) is 6.92. The molecule has 0 radical (unpaired) electrons. The number of aliphatic carboxylic acids is 1. The van der Waals surface area contributed by atoms with Crippen LogP contribution >= 0.6 is 0 Å². The Balaban J connectivity index is 2.64. The molecule has 2 atom stereocenters. The predicted molar refractivity (Wildman–Crippen MR) is 74.1 cm³/mol. The van der Waals surface area contributed by atoms with Gasteiger partial charge in [0.1, 0.15) is 6.04 Å². The molecule has 1 unspecified atom stereocenters. The van der Waals surface area contributed by atoms with Gasteiger partial charge in [-0.1, -0.05) is 36.8 Å². The van der Waals surface area contributed by atoms with Crippen LogP contribution in [0.25, 0.3) is 0 Å². The van der Waals surface area contributed by atoms with Crippen LogP contribution < -0.4 is 5.32 Å². The molecular formula is C15H21NO3. The summed E-state index contributed by atoms with van der Waals surface area (Å²) in [5.74, 6) is -1.11. The molecule has 104 valence electrons. The standard InChI is InChI=1S/C15H21NO3/c1-4-12(13-7-5-10(2)6-8-13)9-14(17)16-11(3)15(18)19/h5-8,11-12H,4,9H2,1-3H3,(H,16,17)(H,18,19)/t11-,12?/m1/s1. The summed E-state index contributed by atoms with van der Waals surface area (Å²) in [5, 5.41) is 11.2. The molecule has 1 aromatic rings. The van der Waals surface area contributed by atoms with Crippen LogP contribution in [0.3, 0.4) is 0 Å². The fraction of sp³-hybridized carbons (Fsp3) is 0.467. The van der Waals surface area contributed by atoms with E-state index in [-0.39, 0.29) is 11.8 Å². The lowest BCUT2D eigenvalue weighted by molar-refractivity contribution is -0.141. The minimum atomic E-state index is -1.02. The third-order valence-corrected chi connectivity index (χ3v) is 3.22. The first-order valence-electron chi connectivity index (χ1n) is 6.52. The molecule has 1 aromatic carbocycles. The third-order valence-electron chi connectivity index (χ3n) is 3.22. The van der Waals surface area contributed by atoms with Crippen molar-refractivity contribution in [1.29, 1.82) is 0 Å². The first-order valence-corrected chi connectivity index (χ1v) is 6.52. The second-order valence-corrected chi connectivity index (χ2v) is 4.85. The minimum absolute atomic E-state index is 0.126. The van der Waals surface area contributed by atoms with Crippen LogP contribution in [0.4, 0.5) is 0 Å². The topological polar surface area (TPSA) is 66.4 Å². The van der Waals surface area contributed by atoms with Gasteiger partial charge in [-0.3, -0.25) is 9.59 Å². The molecule has 0 heterocycles. The van der Waals surface area contributed by atoms with E-state index in [2.05, 4.69) is 5.32 Å². The predicted octanol–water partition coefficient (Wildman–Crippen LogP) is 2.47. The zero-order valence-electron chi connectivity index (χ0n) is 11.6. The number of nitrogens with one attached hydrogen (secondary N) is 1. The highest BCUT2D eigenvalue weighted by molar-refractivity contribution is 5.83. The van der Waals surface area contributed by atoms with Crippen LogP contribution in [0.15, 0.2) is 24.3 Å². The van der Waals surface area contributed by atoms with Crippen molar-refractivity contribution in [2.24, 2.45) is 0 Å². The summed E-state index contributed by atoms with van der Waals surface area (Å²) in [6, 6.07) is 7.25. The summed E-state index contributed by atoms with van der Waals surface area (Å²) in [4.78, 5) is 22.5. The summed E-state index contributed by atoms with van der Waals surface area (Å²) in [5.41, 5.74) is 2.30. The lowest BCUT2D eigenvalue weighted by Gasteiger charge is -2.16. The molecule has 0 aliphatic carbocycles. The van der Waals surface area contributed by atoms with Gasteiger partial charge in [0.2, 0.25) is 5.91 Å². The molecule has 0 saturated heterocycles. The third kappa shape index (κ3) is 4.73. The largest absolute Gasteiger partial charge is 0.480 e. The number of rotatable bonds is 6. The van der Waals surface area contributed by atoms with Gasteiger partial charge in [0.05, 0.1) is 0 Å². The molecule has 1 rings (SSSR count). The first kappa shape index (κ1) is 15.2. The van der Waals surface area contributed by atoms with E-state index < -0.39 is 12.0 Å². The molecule has 0 saturated carbocycles. The van der Waals surface area contributed by atoms with E-state index in [1.807, 2.05) is 38.1 Å². The highest BCUT2D eigenvalue weighted by Gasteiger charge is 2.18. The molecular weight excluding hydrogens is 242 g/mol. The fourth-order valence-electron chi connectivity index (χ4n) is 1.92. The average molecular weight is 263 g/mol. The minimum Gasteiger partial charge on any atom is -0.480 e. The normalized spacial score (nSPS) is 13.6. The van der Waals surface area contributed by atoms with Crippen molar-refractivity contribution in [3.8, 4) is 0 Å². The van der Waals surface area contributed by atoms with Gasteiger partial charge in [0.15, 0.2) is 0 Å². The maximum absolute atomic E-state index is 11.8. The van der Waals surface area contributed by atoms with Gasteiger partial charge in [0.25, 0.3) is 0 Å². The molecule has 0 aromatic heterocycles. The van der Waals surface area contributed by atoms with Crippen molar-refractivity contribution in [3.05, 3.63) is 35.4 Å². The summed E-state index contributed by atoms with van der Waals surface area (Å²) in [6.07, 6.45) is 1.16. The Morgan fingerprint density at radius 2 is 1.84 bits per heavy atom. The van der Waals surface area contributed by atoms with Crippen LogP contribution in [0.5, 0.6) is 0 Å². The molecule has 1 amide bonds. The summed E-state index contributed by atoms with van der Waals surface area (Å²) >= 11 is 0. The maximum Gasteiger partial charge on any atom is 0.325 e. The van der Waals surface area contributed by atoms with Crippen molar-refractivity contribution in [2.75, 3.05) is 0 Å². The van der Waals surface area contributed by atoms with E-state index in [1.165, 1.54) is 12.5 Å². The number of amides is 1. The van der Waals surface area contributed by atoms with E-state index in [0.29, 0.717) is 6.42 Å². The smallest absolute Gasteiger partial charge is 0.325 e. The van der Waals surface area contributed by atoms with Crippen molar-refractivity contribution in [1.82, 2.24) is 5.32 Å². The number of hydrogen-bond acceptors (Lipinski definition) is 2. The molecule has 0 aliphatic heterocycles. The molecule has 0 bridgehead atoms. The Kier molecular flexibility index (Phi) is 5.55. The Morgan fingerprint density at radius 1 is 1.26 bits per heavy atom. The number of hydrogen-bond donors (Lipinski definition) is 2. The monoisotopic (exact) mass is 263 g/mol. The molecule has 0 fully saturated rings. The van der Waals surface area contributed by atoms with E-state index in [1.54, 1.807) is 0 Å². The second-order valence-electron chi connectivity index (χ2n) is 4.85. The van der Waals surface area contributed by atoms with Gasteiger partial charge in [-0.15, -0.1) is 0 Å². The SMILES string of the molecule is CCC(CC(=O)N[C@H](C)C(=O)O)c1ccc(C)cc1. The maximum atomic E-state index is 11.8.